The second kappa shape index (κ2) is 8.17. The Balaban J connectivity index is 2.04. The van der Waals surface area contributed by atoms with Gasteiger partial charge in [-0.15, -0.1) is 11.3 Å². The number of fused-ring (bicyclic) bond motifs is 1. The molecule has 4 aromatic rings. The second-order valence-electron chi connectivity index (χ2n) is 7.20. The number of hydrogen-bond acceptors (Lipinski definition) is 6. The van der Waals surface area contributed by atoms with Crippen LogP contribution in [0.1, 0.15) is 17.5 Å². The zero-order valence-electron chi connectivity index (χ0n) is 17.3. The number of nitriles is 1. The van der Waals surface area contributed by atoms with Crippen LogP contribution in [0.4, 0.5) is 18.9 Å². The molecule has 170 valence electrons. The van der Waals surface area contributed by atoms with Gasteiger partial charge in [-0.1, -0.05) is 6.07 Å². The molecule has 0 aliphatic heterocycles. The second-order valence-corrected chi connectivity index (χ2v) is 10.0. The molecule has 1 N–H and O–H groups in total. The molecule has 0 fully saturated rings. The van der Waals surface area contributed by atoms with Crippen molar-refractivity contribution in [3.8, 4) is 28.3 Å². The maximum atomic E-state index is 13.9. The third-order valence-electron chi connectivity index (χ3n) is 4.81. The Morgan fingerprint density at radius 1 is 1.15 bits per heavy atom. The summed E-state index contributed by atoms with van der Waals surface area (Å²) in [5.74, 6) is 0. The first-order valence-electron chi connectivity index (χ1n) is 9.55. The van der Waals surface area contributed by atoms with Crippen LogP contribution < -0.4 is 4.72 Å². The summed E-state index contributed by atoms with van der Waals surface area (Å²) in [7, 11) is -3.67. The Bertz CT molecular complexity index is 1520. The highest BCUT2D eigenvalue weighted by atomic mass is 32.2. The lowest BCUT2D eigenvalue weighted by molar-refractivity contribution is -0.141. The first kappa shape index (κ1) is 22.8. The predicted octanol–water partition coefficient (Wildman–Crippen LogP) is 5.11. The number of aromatic nitrogens is 3. The Morgan fingerprint density at radius 2 is 1.91 bits per heavy atom. The summed E-state index contributed by atoms with van der Waals surface area (Å²) >= 11 is 1.22. The molecule has 0 unspecified atom stereocenters. The van der Waals surface area contributed by atoms with Crippen LogP contribution in [0.2, 0.25) is 0 Å². The van der Waals surface area contributed by atoms with Crippen molar-refractivity contribution in [2.45, 2.75) is 19.6 Å². The van der Waals surface area contributed by atoms with E-state index in [1.54, 1.807) is 19.2 Å². The minimum atomic E-state index is -4.73. The number of rotatable bonds is 5. The van der Waals surface area contributed by atoms with Gasteiger partial charge in [0.2, 0.25) is 10.0 Å². The number of nitrogens with one attached hydrogen (secondary N) is 1. The Hall–Kier alpha value is -3.43. The molecule has 0 radical (unpaired) electrons. The van der Waals surface area contributed by atoms with Crippen LogP contribution in [0.3, 0.4) is 0 Å². The third-order valence-corrected chi connectivity index (χ3v) is 6.39. The van der Waals surface area contributed by atoms with Gasteiger partial charge >= 0.3 is 6.18 Å². The summed E-state index contributed by atoms with van der Waals surface area (Å²) in [6.45, 7) is 1.88. The largest absolute Gasteiger partial charge is 0.435 e. The number of thiophene rings is 1. The normalized spacial score (nSPS) is 12.1. The number of nitrogens with zero attached hydrogens (tertiary/aromatic N) is 4. The molecule has 12 heteroatoms. The number of benzene rings is 1. The fourth-order valence-corrected chi connectivity index (χ4v) is 4.91. The van der Waals surface area contributed by atoms with Crippen LogP contribution in [0, 0.1) is 11.3 Å². The fraction of sp³-hybridized carbons (Fsp3) is 0.190. The molecule has 3 aromatic heterocycles. The number of halogens is 3. The maximum Gasteiger partial charge on any atom is 0.435 e. The highest BCUT2D eigenvalue weighted by Crippen LogP contribution is 2.43. The molecule has 0 atom stereocenters. The maximum absolute atomic E-state index is 13.9. The summed E-state index contributed by atoms with van der Waals surface area (Å²) in [4.78, 5) is 4.63. The number of hydrogen-bond donors (Lipinski definition) is 1. The molecular formula is C21H16F3N5O2S2. The Labute approximate surface area is 191 Å². The average molecular weight is 492 g/mol. The van der Waals surface area contributed by atoms with E-state index in [2.05, 4.69) is 20.9 Å². The van der Waals surface area contributed by atoms with Gasteiger partial charge in [0.1, 0.15) is 10.9 Å². The van der Waals surface area contributed by atoms with E-state index < -0.39 is 21.9 Å². The molecule has 0 aliphatic carbocycles. The van der Waals surface area contributed by atoms with Gasteiger partial charge in [0.05, 0.1) is 11.0 Å². The lowest BCUT2D eigenvalue weighted by Gasteiger charge is -2.14. The van der Waals surface area contributed by atoms with E-state index in [1.165, 1.54) is 46.6 Å². The fourth-order valence-electron chi connectivity index (χ4n) is 3.50. The third kappa shape index (κ3) is 4.55. The summed E-state index contributed by atoms with van der Waals surface area (Å²) in [5, 5.41) is 13.6. The van der Waals surface area contributed by atoms with E-state index >= 15 is 0 Å². The monoisotopic (exact) mass is 491 g/mol. The first-order chi connectivity index (χ1) is 15.5. The van der Waals surface area contributed by atoms with Crippen LogP contribution >= 0.6 is 11.3 Å². The van der Waals surface area contributed by atoms with Crippen molar-refractivity contribution in [3.05, 3.63) is 53.4 Å². The van der Waals surface area contributed by atoms with Crippen molar-refractivity contribution in [2.75, 3.05) is 11.0 Å². The van der Waals surface area contributed by atoms with Gasteiger partial charge in [0.15, 0.2) is 5.69 Å². The van der Waals surface area contributed by atoms with E-state index in [0.717, 1.165) is 6.26 Å². The lowest BCUT2D eigenvalue weighted by atomic mass is 9.93. The predicted molar refractivity (Wildman–Crippen MR) is 120 cm³/mol. The molecule has 0 amide bonds. The van der Waals surface area contributed by atoms with E-state index in [1.807, 2.05) is 0 Å². The zero-order valence-corrected chi connectivity index (χ0v) is 18.9. The molecule has 3 heterocycles. The highest BCUT2D eigenvalue weighted by molar-refractivity contribution is 7.92. The van der Waals surface area contributed by atoms with Crippen molar-refractivity contribution in [1.82, 2.24) is 14.8 Å². The first-order valence-corrected chi connectivity index (χ1v) is 12.3. The summed E-state index contributed by atoms with van der Waals surface area (Å²) in [6, 6.07) is 8.07. The minimum absolute atomic E-state index is 0.108. The van der Waals surface area contributed by atoms with Gasteiger partial charge in [-0.2, -0.15) is 23.5 Å². The molecule has 4 rings (SSSR count). The van der Waals surface area contributed by atoms with Gasteiger partial charge in [0.25, 0.3) is 0 Å². The molecule has 7 nitrogen and oxygen atoms in total. The zero-order chi connectivity index (χ0) is 24.0. The standard InChI is InChI=1S/C21H16F3N5O2S2/c1-3-29-11-18(20(27-29)21(22,23)24)15-6-12(28-33(2,30)31)4-5-14(15)17-9-26-10-19-16(17)7-13(8-25)32-19/h4-7,9-11,28H,3H2,1-2H3. The van der Waals surface area contributed by atoms with Crippen molar-refractivity contribution in [3.63, 3.8) is 0 Å². The van der Waals surface area contributed by atoms with Crippen molar-refractivity contribution < 1.29 is 21.6 Å². The summed E-state index contributed by atoms with van der Waals surface area (Å²) in [5.41, 5.74) is -0.111. The van der Waals surface area contributed by atoms with E-state index in [-0.39, 0.29) is 23.4 Å². The molecular weight excluding hydrogens is 475 g/mol. The van der Waals surface area contributed by atoms with Gasteiger partial charge < -0.3 is 0 Å². The number of anilines is 1. The van der Waals surface area contributed by atoms with E-state index in [0.29, 0.717) is 26.1 Å². The minimum Gasteiger partial charge on any atom is -0.284 e. The van der Waals surface area contributed by atoms with Crippen molar-refractivity contribution in [2.24, 2.45) is 0 Å². The van der Waals surface area contributed by atoms with Crippen LogP contribution in [-0.2, 0) is 22.7 Å². The molecule has 33 heavy (non-hydrogen) atoms. The van der Waals surface area contributed by atoms with Gasteiger partial charge in [-0.25, -0.2) is 8.42 Å². The van der Waals surface area contributed by atoms with Crippen LogP contribution in [0.25, 0.3) is 32.3 Å². The van der Waals surface area contributed by atoms with Crippen molar-refractivity contribution >= 4 is 37.1 Å². The molecule has 0 saturated heterocycles. The molecule has 0 aliphatic rings. The SMILES string of the molecule is CCn1cc(-c2cc(NS(C)(=O)=O)ccc2-c2cncc3sc(C#N)cc23)c(C(F)(F)F)n1. The molecule has 0 spiro atoms. The lowest BCUT2D eigenvalue weighted by Crippen LogP contribution is -2.10. The Kier molecular flexibility index (Phi) is 5.63. The van der Waals surface area contributed by atoms with Crippen LogP contribution in [-0.4, -0.2) is 29.4 Å². The number of alkyl halides is 3. The molecule has 1 aromatic carbocycles. The average Bonchev–Trinajstić information content (AvgIpc) is 3.36. The number of pyridine rings is 1. The quantitative estimate of drug-likeness (QED) is 0.418. The number of aryl methyl sites for hydroxylation is 1. The van der Waals surface area contributed by atoms with Crippen LogP contribution in [0.15, 0.2) is 42.9 Å². The van der Waals surface area contributed by atoms with Gasteiger partial charge in [-0.3, -0.25) is 14.4 Å². The van der Waals surface area contributed by atoms with Gasteiger partial charge in [0, 0.05) is 47.3 Å². The summed E-state index contributed by atoms with van der Waals surface area (Å²) in [6.07, 6.45) is 0.605. The number of sulfonamides is 1. The van der Waals surface area contributed by atoms with E-state index in [4.69, 9.17) is 0 Å². The summed E-state index contributed by atoms with van der Waals surface area (Å²) < 4.78 is 69.2. The topological polar surface area (TPSA) is 101 Å². The van der Waals surface area contributed by atoms with Crippen molar-refractivity contribution in [1.29, 1.82) is 5.26 Å². The highest BCUT2D eigenvalue weighted by Gasteiger charge is 2.38. The molecule has 0 bridgehead atoms. The van der Waals surface area contributed by atoms with Crippen LogP contribution in [0.5, 0.6) is 0 Å². The Morgan fingerprint density at radius 3 is 2.55 bits per heavy atom. The smallest absolute Gasteiger partial charge is 0.284 e. The van der Waals surface area contributed by atoms with Gasteiger partial charge in [-0.05, 0) is 36.2 Å². The van der Waals surface area contributed by atoms with E-state index in [9.17, 15) is 26.9 Å². The molecule has 0 saturated carbocycles.